The lowest BCUT2D eigenvalue weighted by molar-refractivity contribution is 0.0513. The summed E-state index contributed by atoms with van der Waals surface area (Å²) in [5, 5.41) is 2.85. The Morgan fingerprint density at radius 1 is 0.771 bits per heavy atom. The summed E-state index contributed by atoms with van der Waals surface area (Å²) in [5.41, 5.74) is 4.85. The Kier molecular flexibility index (Phi) is 5.19. The molecule has 2 N–H and O–H groups in total. The molecule has 0 aliphatic carbocycles. The Morgan fingerprint density at radius 3 is 1.66 bits per heavy atom. The van der Waals surface area contributed by atoms with Crippen LogP contribution in [0.1, 0.15) is 46.2 Å². The number of ether oxygens (including phenoxy) is 2. The SMILES string of the molecule is CCOC(=O)c1nc(Cc2nc(C(=O)OCC)c3ccc4[nH]snc4c23)c2c1ccc1[nH]snc12. The van der Waals surface area contributed by atoms with Crippen LogP contribution in [0.2, 0.25) is 0 Å². The molecule has 6 aromatic rings. The van der Waals surface area contributed by atoms with E-state index in [1.54, 1.807) is 13.8 Å². The van der Waals surface area contributed by atoms with Crippen LogP contribution in [0, 0.1) is 0 Å². The van der Waals surface area contributed by atoms with Crippen molar-refractivity contribution in [2.75, 3.05) is 13.2 Å². The average Bonchev–Trinajstić information content (AvgIpc) is 3.63. The lowest BCUT2D eigenvalue weighted by Gasteiger charge is -1.99. The van der Waals surface area contributed by atoms with E-state index in [0.29, 0.717) is 22.2 Å². The number of hydrogen-bond acceptors (Lipinski definition) is 10. The summed E-state index contributed by atoms with van der Waals surface area (Å²) in [4.78, 5) is 34.8. The molecule has 0 fully saturated rings. The number of nitrogens with zero attached hydrogens (tertiary/aromatic N) is 4. The first-order valence-electron chi connectivity index (χ1n) is 11.0. The highest BCUT2D eigenvalue weighted by molar-refractivity contribution is 7.00. The van der Waals surface area contributed by atoms with E-state index in [4.69, 9.17) is 19.4 Å². The normalized spacial score (nSPS) is 11.7. The molecule has 176 valence electrons. The van der Waals surface area contributed by atoms with E-state index in [0.717, 1.165) is 32.8 Å². The Balaban J connectivity index is 1.60. The second-order valence-electron chi connectivity index (χ2n) is 7.77. The molecule has 0 atom stereocenters. The molecular weight excluding hydrogens is 488 g/mol. The molecule has 0 unspecified atom stereocenters. The second kappa shape index (κ2) is 8.40. The van der Waals surface area contributed by atoms with Gasteiger partial charge >= 0.3 is 11.9 Å². The zero-order chi connectivity index (χ0) is 24.1. The molecule has 12 heteroatoms. The minimum absolute atomic E-state index is 0.236. The van der Waals surface area contributed by atoms with Crippen LogP contribution in [0.25, 0.3) is 43.6 Å². The molecule has 0 spiro atoms. The number of nitrogens with one attached hydrogen (secondary N) is 2. The van der Waals surface area contributed by atoms with Gasteiger partial charge in [-0.05, 0) is 38.1 Å². The number of benzene rings is 2. The Bertz CT molecular complexity index is 1630. The van der Waals surface area contributed by atoms with Gasteiger partial charge in [0.05, 0.1) is 35.6 Å². The van der Waals surface area contributed by atoms with Crippen LogP contribution in [0.15, 0.2) is 24.3 Å². The quantitative estimate of drug-likeness (QED) is 0.313. The van der Waals surface area contributed by atoms with Crippen molar-refractivity contribution in [3.05, 3.63) is 47.0 Å². The van der Waals surface area contributed by atoms with Crippen molar-refractivity contribution in [1.82, 2.24) is 27.5 Å². The third-order valence-corrected chi connectivity index (χ3v) is 6.96. The predicted molar refractivity (Wildman–Crippen MR) is 133 cm³/mol. The summed E-state index contributed by atoms with van der Waals surface area (Å²) in [6.45, 7) is 3.99. The summed E-state index contributed by atoms with van der Waals surface area (Å²) in [5.74, 6) is -0.988. The molecule has 0 amide bonds. The van der Waals surface area contributed by atoms with Gasteiger partial charge in [-0.3, -0.25) is 8.75 Å². The molecule has 4 aromatic heterocycles. The highest BCUT2D eigenvalue weighted by atomic mass is 32.1. The molecule has 0 saturated carbocycles. The Hall–Kier alpha value is -3.90. The van der Waals surface area contributed by atoms with E-state index >= 15 is 0 Å². The van der Waals surface area contributed by atoms with Crippen LogP contribution >= 0.6 is 23.5 Å². The number of fused-ring (bicyclic) bond motifs is 6. The number of carbonyl (C=O) groups excluding carboxylic acids is 2. The number of carbonyl (C=O) groups is 2. The summed E-state index contributed by atoms with van der Waals surface area (Å²) in [6, 6.07) is 7.44. The van der Waals surface area contributed by atoms with Gasteiger partial charge in [-0.2, -0.15) is 8.75 Å². The van der Waals surface area contributed by atoms with Gasteiger partial charge in [-0.1, -0.05) is 0 Å². The smallest absolute Gasteiger partial charge is 0.357 e. The van der Waals surface area contributed by atoms with E-state index in [9.17, 15) is 9.59 Å². The number of hydrogen-bond donors (Lipinski definition) is 2. The zero-order valence-electron chi connectivity index (χ0n) is 18.7. The van der Waals surface area contributed by atoms with E-state index in [1.165, 1.54) is 23.5 Å². The molecular formula is C23H18N6O4S2. The Morgan fingerprint density at radius 2 is 1.23 bits per heavy atom. The molecule has 0 radical (unpaired) electrons. The number of aromatic amines is 2. The summed E-state index contributed by atoms with van der Waals surface area (Å²) in [7, 11) is 0. The molecule has 0 aliphatic heterocycles. The van der Waals surface area contributed by atoms with Gasteiger partial charge in [-0.25, -0.2) is 19.6 Å². The Labute approximate surface area is 205 Å². The zero-order valence-corrected chi connectivity index (χ0v) is 20.3. The first kappa shape index (κ1) is 21.6. The molecule has 4 heterocycles. The van der Waals surface area contributed by atoms with Gasteiger partial charge in [0.25, 0.3) is 0 Å². The summed E-state index contributed by atoms with van der Waals surface area (Å²) < 4.78 is 25.8. The van der Waals surface area contributed by atoms with Crippen LogP contribution in [0.3, 0.4) is 0 Å². The minimum atomic E-state index is -0.494. The van der Waals surface area contributed by atoms with Crippen LogP contribution < -0.4 is 0 Å². The number of aromatic nitrogens is 6. The van der Waals surface area contributed by atoms with Crippen LogP contribution in [-0.4, -0.2) is 52.6 Å². The third-order valence-electron chi connectivity index (χ3n) is 5.79. The van der Waals surface area contributed by atoms with E-state index in [2.05, 4.69) is 17.5 Å². The molecule has 2 aromatic carbocycles. The van der Waals surface area contributed by atoms with Gasteiger partial charge in [0, 0.05) is 51.4 Å². The molecule has 6 rings (SSSR count). The third kappa shape index (κ3) is 3.36. The molecule has 0 aliphatic rings. The number of H-pyrrole nitrogens is 2. The van der Waals surface area contributed by atoms with E-state index in [-0.39, 0.29) is 31.0 Å². The average molecular weight is 507 g/mol. The highest BCUT2D eigenvalue weighted by Gasteiger charge is 2.26. The number of esters is 2. The summed E-state index contributed by atoms with van der Waals surface area (Å²) >= 11 is 2.44. The maximum atomic E-state index is 12.7. The van der Waals surface area contributed by atoms with Crippen molar-refractivity contribution in [3.8, 4) is 0 Å². The monoisotopic (exact) mass is 506 g/mol. The first-order chi connectivity index (χ1) is 17.1. The fraction of sp³-hybridized carbons (Fsp3) is 0.217. The summed E-state index contributed by atoms with van der Waals surface area (Å²) in [6.07, 6.45) is 0.263. The van der Waals surface area contributed by atoms with Crippen molar-refractivity contribution in [1.29, 1.82) is 0 Å². The van der Waals surface area contributed by atoms with Crippen molar-refractivity contribution in [3.63, 3.8) is 0 Å². The minimum Gasteiger partial charge on any atom is -0.461 e. The highest BCUT2D eigenvalue weighted by Crippen LogP contribution is 2.35. The van der Waals surface area contributed by atoms with Crippen LogP contribution in [-0.2, 0) is 15.9 Å². The fourth-order valence-electron chi connectivity index (χ4n) is 4.38. The molecule has 35 heavy (non-hydrogen) atoms. The predicted octanol–water partition coefficient (Wildman–Crippen LogP) is 4.60. The number of rotatable bonds is 6. The maximum absolute atomic E-state index is 12.7. The van der Waals surface area contributed by atoms with E-state index < -0.39 is 11.9 Å². The molecule has 10 nitrogen and oxygen atoms in total. The van der Waals surface area contributed by atoms with Gasteiger partial charge in [0.15, 0.2) is 11.4 Å². The standard InChI is InChI=1S/C23H18N6O4S2/c1-3-32-22(30)18-10-5-7-12-20(28-34-26-12)16(10)14(24-18)9-15-17-11(19(25-15)23(31)33-4-2)6-8-13-21(17)29-35-27-13/h5-8,26-27H,3-4,9H2,1-2H3. The second-order valence-corrected chi connectivity index (χ2v) is 8.91. The lowest BCUT2D eigenvalue weighted by atomic mass is 10.0. The van der Waals surface area contributed by atoms with Crippen molar-refractivity contribution >= 4 is 79.0 Å². The van der Waals surface area contributed by atoms with Gasteiger partial charge in [-0.15, -0.1) is 0 Å². The maximum Gasteiger partial charge on any atom is 0.357 e. The fourth-order valence-corrected chi connectivity index (χ4v) is 5.56. The van der Waals surface area contributed by atoms with Crippen LogP contribution in [0.5, 0.6) is 0 Å². The lowest BCUT2D eigenvalue weighted by Crippen LogP contribution is -2.06. The van der Waals surface area contributed by atoms with Crippen molar-refractivity contribution < 1.29 is 19.1 Å². The topological polar surface area (TPSA) is 136 Å². The van der Waals surface area contributed by atoms with Gasteiger partial charge in [0.2, 0.25) is 0 Å². The molecule has 0 bridgehead atoms. The van der Waals surface area contributed by atoms with Crippen LogP contribution in [0.4, 0.5) is 0 Å². The van der Waals surface area contributed by atoms with Gasteiger partial charge in [0.1, 0.15) is 11.0 Å². The van der Waals surface area contributed by atoms with E-state index in [1.807, 2.05) is 24.3 Å². The van der Waals surface area contributed by atoms with Crippen molar-refractivity contribution in [2.45, 2.75) is 20.3 Å². The first-order valence-corrected chi connectivity index (χ1v) is 12.5. The van der Waals surface area contributed by atoms with Gasteiger partial charge < -0.3 is 9.47 Å². The largest absolute Gasteiger partial charge is 0.461 e. The van der Waals surface area contributed by atoms with Crippen molar-refractivity contribution in [2.24, 2.45) is 0 Å². The molecule has 0 saturated heterocycles.